The van der Waals surface area contributed by atoms with E-state index in [2.05, 4.69) is 5.32 Å². The Morgan fingerprint density at radius 1 is 1.17 bits per heavy atom. The number of hydrogen-bond donors (Lipinski definition) is 1. The van der Waals surface area contributed by atoms with Crippen LogP contribution in [0.25, 0.3) is 0 Å². The second-order valence-corrected chi connectivity index (χ2v) is 6.64. The van der Waals surface area contributed by atoms with Gasteiger partial charge in [0.15, 0.2) is 0 Å². The molecule has 0 aliphatic heterocycles. The van der Waals surface area contributed by atoms with Crippen LogP contribution < -0.4 is 5.32 Å². The van der Waals surface area contributed by atoms with Crippen molar-refractivity contribution in [3.05, 3.63) is 0 Å². The Bertz CT molecular complexity index is 359. The molecule has 0 unspecified atom stereocenters. The number of carbonyl (C=O) groups is 2. The predicted molar refractivity (Wildman–Crippen MR) is 68.2 cm³/mol. The molecule has 2 aliphatic carbocycles. The third-order valence-corrected chi connectivity index (χ3v) is 4.07. The first-order valence-electron chi connectivity index (χ1n) is 6.78. The Labute approximate surface area is 108 Å². The Balaban J connectivity index is 2.00. The average Bonchev–Trinajstić information content (AvgIpc) is 2.73. The SMILES string of the molecule is CC(=O)[C@@H]1[C@H]2CC[C@H](C2)[C@@H]1NC(=O)OC(C)(C)C. The third-order valence-electron chi connectivity index (χ3n) is 4.07. The molecule has 0 heterocycles. The highest BCUT2D eigenvalue weighted by Crippen LogP contribution is 2.48. The number of alkyl carbamates (subject to hydrolysis) is 1. The Morgan fingerprint density at radius 3 is 2.33 bits per heavy atom. The van der Waals surface area contributed by atoms with E-state index in [1.54, 1.807) is 6.92 Å². The summed E-state index contributed by atoms with van der Waals surface area (Å²) in [5.41, 5.74) is -0.493. The van der Waals surface area contributed by atoms with Crippen LogP contribution in [0.1, 0.15) is 47.0 Å². The quantitative estimate of drug-likeness (QED) is 0.822. The summed E-state index contributed by atoms with van der Waals surface area (Å²) in [6, 6.07) is -0.0175. The fourth-order valence-electron chi connectivity index (χ4n) is 3.53. The first-order chi connectivity index (χ1) is 8.28. The van der Waals surface area contributed by atoms with Crippen molar-refractivity contribution in [3.63, 3.8) is 0 Å². The highest BCUT2D eigenvalue weighted by atomic mass is 16.6. The van der Waals surface area contributed by atoms with Gasteiger partial charge in [-0.05, 0) is 58.8 Å². The zero-order chi connectivity index (χ0) is 13.5. The van der Waals surface area contributed by atoms with Gasteiger partial charge in [0.1, 0.15) is 11.4 Å². The summed E-state index contributed by atoms with van der Waals surface area (Å²) in [5, 5.41) is 2.92. The standard InChI is InChI=1S/C14H23NO3/c1-8(16)11-9-5-6-10(7-9)12(11)15-13(17)18-14(2,3)4/h9-12H,5-7H2,1-4H3,(H,15,17)/t9-,10+,11+,12-/m0/s1. The molecule has 1 amide bonds. The second kappa shape index (κ2) is 4.56. The minimum Gasteiger partial charge on any atom is -0.444 e. The fourth-order valence-corrected chi connectivity index (χ4v) is 3.53. The van der Waals surface area contributed by atoms with Crippen LogP contribution in [0, 0.1) is 17.8 Å². The largest absolute Gasteiger partial charge is 0.444 e. The molecule has 0 saturated heterocycles. The molecule has 1 N–H and O–H groups in total. The monoisotopic (exact) mass is 253 g/mol. The summed E-state index contributed by atoms with van der Waals surface area (Å²) < 4.78 is 5.27. The lowest BCUT2D eigenvalue weighted by atomic mass is 9.82. The van der Waals surface area contributed by atoms with Gasteiger partial charge in [0.25, 0.3) is 0 Å². The summed E-state index contributed by atoms with van der Waals surface area (Å²) >= 11 is 0. The van der Waals surface area contributed by atoms with Gasteiger partial charge in [0.05, 0.1) is 0 Å². The normalized spacial score (nSPS) is 34.4. The van der Waals surface area contributed by atoms with Crippen molar-refractivity contribution in [2.45, 2.75) is 58.6 Å². The molecule has 0 radical (unpaired) electrons. The molecule has 0 aromatic heterocycles. The van der Waals surface area contributed by atoms with Gasteiger partial charge < -0.3 is 10.1 Å². The molecule has 2 saturated carbocycles. The molecule has 4 heteroatoms. The smallest absolute Gasteiger partial charge is 0.407 e. The molecule has 2 bridgehead atoms. The van der Waals surface area contributed by atoms with Crippen LogP contribution in [-0.4, -0.2) is 23.5 Å². The zero-order valence-corrected chi connectivity index (χ0v) is 11.7. The summed E-state index contributed by atoms with van der Waals surface area (Å²) in [7, 11) is 0. The highest BCUT2D eigenvalue weighted by molar-refractivity contribution is 5.81. The minimum absolute atomic E-state index is 0.00346. The predicted octanol–water partition coefficient (Wildman–Crippen LogP) is 2.51. The van der Waals surface area contributed by atoms with Gasteiger partial charge >= 0.3 is 6.09 Å². The van der Waals surface area contributed by atoms with Crippen molar-refractivity contribution in [2.75, 3.05) is 0 Å². The van der Waals surface area contributed by atoms with Gasteiger partial charge in [-0.3, -0.25) is 4.79 Å². The molecular weight excluding hydrogens is 230 g/mol. The maximum Gasteiger partial charge on any atom is 0.407 e. The number of hydrogen-bond acceptors (Lipinski definition) is 3. The molecule has 4 nitrogen and oxygen atoms in total. The van der Waals surface area contributed by atoms with Gasteiger partial charge in [-0.1, -0.05) is 0 Å². The topological polar surface area (TPSA) is 55.4 Å². The van der Waals surface area contributed by atoms with Crippen LogP contribution in [0.3, 0.4) is 0 Å². The molecule has 0 aromatic rings. The lowest BCUT2D eigenvalue weighted by Crippen LogP contribution is -2.47. The van der Waals surface area contributed by atoms with Crippen molar-refractivity contribution in [3.8, 4) is 0 Å². The Morgan fingerprint density at radius 2 is 1.78 bits per heavy atom. The van der Waals surface area contributed by atoms with Crippen LogP contribution >= 0.6 is 0 Å². The summed E-state index contributed by atoms with van der Waals surface area (Å²) in [6.45, 7) is 7.16. The van der Waals surface area contributed by atoms with Crippen LogP contribution in [0.4, 0.5) is 4.79 Å². The molecule has 102 valence electrons. The van der Waals surface area contributed by atoms with Gasteiger partial charge in [-0.2, -0.15) is 0 Å². The van der Waals surface area contributed by atoms with Gasteiger partial charge in [-0.15, -0.1) is 0 Å². The summed E-state index contributed by atoms with van der Waals surface area (Å²) in [4.78, 5) is 23.5. The fraction of sp³-hybridized carbons (Fsp3) is 0.857. The molecule has 4 atom stereocenters. The van der Waals surface area contributed by atoms with E-state index >= 15 is 0 Å². The van der Waals surface area contributed by atoms with E-state index in [0.29, 0.717) is 11.8 Å². The van der Waals surface area contributed by atoms with E-state index in [-0.39, 0.29) is 17.7 Å². The number of nitrogens with one attached hydrogen (secondary N) is 1. The second-order valence-electron chi connectivity index (χ2n) is 6.64. The van der Waals surface area contributed by atoms with Crippen LogP contribution in [0.5, 0.6) is 0 Å². The number of Topliss-reactive ketones (excluding diaryl/α,β-unsaturated/α-hetero) is 1. The Kier molecular flexibility index (Phi) is 3.39. The van der Waals surface area contributed by atoms with Crippen molar-refractivity contribution >= 4 is 11.9 Å². The summed E-state index contributed by atoms with van der Waals surface area (Å²) in [6.07, 6.45) is 2.92. The average molecular weight is 253 g/mol. The van der Waals surface area contributed by atoms with Gasteiger partial charge in [-0.25, -0.2) is 4.79 Å². The number of carbonyl (C=O) groups excluding carboxylic acids is 2. The first-order valence-corrected chi connectivity index (χ1v) is 6.78. The van der Waals surface area contributed by atoms with Crippen LogP contribution in [-0.2, 0) is 9.53 Å². The molecule has 0 spiro atoms. The van der Waals surface area contributed by atoms with Crippen molar-refractivity contribution in [1.29, 1.82) is 0 Å². The number of fused-ring (bicyclic) bond motifs is 2. The molecule has 18 heavy (non-hydrogen) atoms. The van der Waals surface area contributed by atoms with Crippen LogP contribution in [0.15, 0.2) is 0 Å². The molecule has 2 aliphatic rings. The van der Waals surface area contributed by atoms with E-state index in [4.69, 9.17) is 4.74 Å². The lowest BCUT2D eigenvalue weighted by Gasteiger charge is -2.31. The third kappa shape index (κ3) is 2.68. The van der Waals surface area contributed by atoms with Gasteiger partial charge in [0, 0.05) is 12.0 Å². The van der Waals surface area contributed by atoms with Crippen molar-refractivity contribution in [2.24, 2.45) is 17.8 Å². The number of ketones is 1. The van der Waals surface area contributed by atoms with E-state index in [9.17, 15) is 9.59 Å². The number of amides is 1. The maximum absolute atomic E-state index is 11.8. The minimum atomic E-state index is -0.493. The van der Waals surface area contributed by atoms with E-state index in [1.165, 1.54) is 0 Å². The zero-order valence-electron chi connectivity index (χ0n) is 11.7. The van der Waals surface area contributed by atoms with E-state index in [0.717, 1.165) is 19.3 Å². The van der Waals surface area contributed by atoms with Crippen molar-refractivity contribution in [1.82, 2.24) is 5.32 Å². The first kappa shape index (κ1) is 13.4. The molecule has 2 rings (SSSR count). The van der Waals surface area contributed by atoms with Gasteiger partial charge in [0.2, 0.25) is 0 Å². The number of rotatable bonds is 2. The van der Waals surface area contributed by atoms with E-state index < -0.39 is 11.7 Å². The maximum atomic E-state index is 11.8. The lowest BCUT2D eigenvalue weighted by molar-refractivity contribution is -0.122. The molecule has 2 fully saturated rings. The Hall–Kier alpha value is -1.06. The number of ether oxygens (including phenoxy) is 1. The highest BCUT2D eigenvalue weighted by Gasteiger charge is 2.50. The molecule has 0 aromatic carbocycles. The summed E-state index contributed by atoms with van der Waals surface area (Å²) in [5.74, 6) is 1.11. The van der Waals surface area contributed by atoms with Crippen LogP contribution in [0.2, 0.25) is 0 Å². The van der Waals surface area contributed by atoms with E-state index in [1.807, 2.05) is 20.8 Å². The molecular formula is C14H23NO3. The van der Waals surface area contributed by atoms with Crippen molar-refractivity contribution < 1.29 is 14.3 Å².